The molecule has 2 aromatic rings. The number of esters is 1. The third-order valence-corrected chi connectivity index (χ3v) is 6.46. The largest absolute Gasteiger partial charge is 0.466 e. The highest BCUT2D eigenvalue weighted by atomic mass is 16.5. The number of carbonyl (C=O) groups excluding carboxylic acids is 1. The molecule has 1 aliphatic heterocycles. The molecule has 4 rings (SSSR count). The molecule has 0 unspecified atom stereocenters. The number of likely N-dealkylation sites (tertiary alicyclic amines) is 1. The molecule has 2 aliphatic rings. The highest BCUT2D eigenvalue weighted by Crippen LogP contribution is 2.51. The van der Waals surface area contributed by atoms with Crippen molar-refractivity contribution < 1.29 is 9.53 Å². The highest BCUT2D eigenvalue weighted by molar-refractivity contribution is 5.86. The first kappa shape index (κ1) is 19.9. The molecule has 1 heterocycles. The number of methoxy groups -OCH3 is 1. The van der Waals surface area contributed by atoms with Crippen LogP contribution >= 0.6 is 0 Å². The van der Waals surface area contributed by atoms with Gasteiger partial charge in [0, 0.05) is 12.6 Å². The van der Waals surface area contributed by atoms with Crippen LogP contribution in [-0.2, 0) is 16.1 Å². The van der Waals surface area contributed by atoms with E-state index in [1.807, 2.05) is 12.1 Å². The Labute approximate surface area is 174 Å². The second-order valence-corrected chi connectivity index (χ2v) is 8.57. The molecule has 0 N–H and O–H groups in total. The van der Waals surface area contributed by atoms with Gasteiger partial charge in [0.05, 0.1) is 7.11 Å². The number of nitrogens with zero attached hydrogens (tertiary/aromatic N) is 1. The number of ether oxygens (including phenoxy) is 1. The number of rotatable bonds is 7. The van der Waals surface area contributed by atoms with E-state index in [0.29, 0.717) is 0 Å². The Hall–Kier alpha value is -2.39. The van der Waals surface area contributed by atoms with Gasteiger partial charge in [-0.05, 0) is 79.3 Å². The standard InChI is InChI=1S/C26H31NO2/c1-29-26(28)11-10-20-6-5-7-22(16-20)19-27-14-12-21(13-15-27)17-24-18-25(24)23-8-3-2-4-9-23/h2-11,16,21,24-25H,12-15,17-19H2,1H3/b11-10+/t24-,25+/m1/s1. The summed E-state index contributed by atoms with van der Waals surface area (Å²) in [7, 11) is 1.40. The van der Waals surface area contributed by atoms with Crippen molar-refractivity contribution in [3.05, 3.63) is 77.4 Å². The maximum absolute atomic E-state index is 11.3. The van der Waals surface area contributed by atoms with Crippen molar-refractivity contribution in [3.63, 3.8) is 0 Å². The molecular formula is C26H31NO2. The van der Waals surface area contributed by atoms with Crippen LogP contribution in [0.4, 0.5) is 0 Å². The van der Waals surface area contributed by atoms with Crippen LogP contribution in [0.25, 0.3) is 6.08 Å². The summed E-state index contributed by atoms with van der Waals surface area (Å²) in [5.74, 6) is 2.30. The average molecular weight is 390 g/mol. The zero-order chi connectivity index (χ0) is 20.1. The molecule has 29 heavy (non-hydrogen) atoms. The van der Waals surface area contributed by atoms with E-state index in [9.17, 15) is 4.79 Å². The predicted octanol–water partition coefficient (Wildman–Crippen LogP) is 5.28. The molecule has 1 saturated carbocycles. The van der Waals surface area contributed by atoms with Gasteiger partial charge in [-0.25, -0.2) is 4.79 Å². The van der Waals surface area contributed by atoms with E-state index in [4.69, 9.17) is 0 Å². The molecule has 0 spiro atoms. The quantitative estimate of drug-likeness (QED) is 0.477. The Morgan fingerprint density at radius 3 is 2.66 bits per heavy atom. The monoisotopic (exact) mass is 389 g/mol. The molecule has 3 heteroatoms. The Bertz CT molecular complexity index is 837. The average Bonchev–Trinajstić information content (AvgIpc) is 3.53. The Morgan fingerprint density at radius 2 is 1.90 bits per heavy atom. The fourth-order valence-electron chi connectivity index (χ4n) is 4.71. The summed E-state index contributed by atoms with van der Waals surface area (Å²) >= 11 is 0. The summed E-state index contributed by atoms with van der Waals surface area (Å²) in [5.41, 5.74) is 3.89. The maximum atomic E-state index is 11.3. The highest BCUT2D eigenvalue weighted by Gasteiger charge is 2.39. The van der Waals surface area contributed by atoms with E-state index in [2.05, 4.69) is 58.2 Å². The van der Waals surface area contributed by atoms with Gasteiger partial charge in [0.15, 0.2) is 0 Å². The molecule has 0 amide bonds. The molecule has 0 aromatic heterocycles. The molecule has 2 atom stereocenters. The molecule has 3 nitrogen and oxygen atoms in total. The van der Waals surface area contributed by atoms with E-state index >= 15 is 0 Å². The van der Waals surface area contributed by atoms with Crippen LogP contribution < -0.4 is 0 Å². The van der Waals surface area contributed by atoms with Gasteiger partial charge in [0.25, 0.3) is 0 Å². The van der Waals surface area contributed by atoms with Gasteiger partial charge in [0.2, 0.25) is 0 Å². The third-order valence-electron chi connectivity index (χ3n) is 6.46. The molecule has 0 bridgehead atoms. The van der Waals surface area contributed by atoms with Gasteiger partial charge in [-0.3, -0.25) is 4.90 Å². The first-order valence-electron chi connectivity index (χ1n) is 10.8. The zero-order valence-electron chi connectivity index (χ0n) is 17.3. The van der Waals surface area contributed by atoms with E-state index in [1.165, 1.54) is 63.1 Å². The lowest BCUT2D eigenvalue weighted by Crippen LogP contribution is -2.33. The van der Waals surface area contributed by atoms with Crippen LogP contribution in [0.15, 0.2) is 60.7 Å². The molecular weight excluding hydrogens is 358 g/mol. The van der Waals surface area contributed by atoms with Crippen molar-refractivity contribution in [3.8, 4) is 0 Å². The van der Waals surface area contributed by atoms with E-state index in [1.54, 1.807) is 0 Å². The van der Waals surface area contributed by atoms with Crippen LogP contribution in [-0.4, -0.2) is 31.1 Å². The number of hydrogen-bond donors (Lipinski definition) is 0. The maximum Gasteiger partial charge on any atom is 0.330 e. The first-order valence-corrected chi connectivity index (χ1v) is 10.8. The summed E-state index contributed by atoms with van der Waals surface area (Å²) in [5, 5.41) is 0. The summed E-state index contributed by atoms with van der Waals surface area (Å²) in [6.45, 7) is 3.37. The SMILES string of the molecule is COC(=O)/C=C/c1cccc(CN2CCC(C[C@@H]3C[C@H]3c3ccccc3)CC2)c1. The second-order valence-electron chi connectivity index (χ2n) is 8.57. The Morgan fingerprint density at radius 1 is 1.10 bits per heavy atom. The van der Waals surface area contributed by atoms with Crippen LogP contribution in [0.1, 0.15) is 48.3 Å². The minimum Gasteiger partial charge on any atom is -0.466 e. The van der Waals surface area contributed by atoms with Gasteiger partial charge >= 0.3 is 5.97 Å². The predicted molar refractivity (Wildman–Crippen MR) is 117 cm³/mol. The van der Waals surface area contributed by atoms with E-state index in [-0.39, 0.29) is 5.97 Å². The molecule has 1 saturated heterocycles. The van der Waals surface area contributed by atoms with Crippen LogP contribution in [0, 0.1) is 11.8 Å². The van der Waals surface area contributed by atoms with Crippen molar-refractivity contribution in [1.29, 1.82) is 0 Å². The van der Waals surface area contributed by atoms with E-state index < -0.39 is 0 Å². The summed E-state index contributed by atoms with van der Waals surface area (Å²) in [4.78, 5) is 13.9. The zero-order valence-corrected chi connectivity index (χ0v) is 17.3. The Balaban J connectivity index is 1.22. The van der Waals surface area contributed by atoms with Gasteiger partial charge < -0.3 is 4.74 Å². The number of hydrogen-bond acceptors (Lipinski definition) is 3. The smallest absolute Gasteiger partial charge is 0.330 e. The van der Waals surface area contributed by atoms with Gasteiger partial charge in [-0.1, -0.05) is 54.6 Å². The summed E-state index contributed by atoms with van der Waals surface area (Å²) in [6.07, 6.45) is 8.72. The third kappa shape index (κ3) is 5.57. The van der Waals surface area contributed by atoms with Crippen LogP contribution in [0.2, 0.25) is 0 Å². The Kier molecular flexibility index (Phi) is 6.46. The molecule has 2 aromatic carbocycles. The number of carbonyl (C=O) groups is 1. The molecule has 2 fully saturated rings. The van der Waals surface area contributed by atoms with Crippen LogP contribution in [0.3, 0.4) is 0 Å². The van der Waals surface area contributed by atoms with Crippen molar-refractivity contribution in [2.45, 2.75) is 38.1 Å². The van der Waals surface area contributed by atoms with Gasteiger partial charge in [-0.15, -0.1) is 0 Å². The lowest BCUT2D eigenvalue weighted by atomic mass is 9.90. The second kappa shape index (κ2) is 9.41. The lowest BCUT2D eigenvalue weighted by molar-refractivity contribution is -0.134. The fraction of sp³-hybridized carbons (Fsp3) is 0.423. The molecule has 0 radical (unpaired) electrons. The first-order chi connectivity index (χ1) is 14.2. The van der Waals surface area contributed by atoms with E-state index in [0.717, 1.165) is 29.9 Å². The van der Waals surface area contributed by atoms with Gasteiger partial charge in [-0.2, -0.15) is 0 Å². The molecule has 152 valence electrons. The van der Waals surface area contributed by atoms with Gasteiger partial charge in [0.1, 0.15) is 0 Å². The van der Waals surface area contributed by atoms with Crippen molar-refractivity contribution in [2.24, 2.45) is 11.8 Å². The normalized spacial score (nSPS) is 22.7. The number of piperidine rings is 1. The summed E-state index contributed by atoms with van der Waals surface area (Å²) < 4.78 is 4.66. The minimum atomic E-state index is -0.317. The number of benzene rings is 2. The van der Waals surface area contributed by atoms with Crippen LogP contribution in [0.5, 0.6) is 0 Å². The molecule has 1 aliphatic carbocycles. The lowest BCUT2D eigenvalue weighted by Gasteiger charge is -2.32. The van der Waals surface area contributed by atoms with Crippen molar-refractivity contribution in [1.82, 2.24) is 4.90 Å². The fourth-order valence-corrected chi connectivity index (χ4v) is 4.71. The van der Waals surface area contributed by atoms with Crippen molar-refractivity contribution in [2.75, 3.05) is 20.2 Å². The minimum absolute atomic E-state index is 0.317. The topological polar surface area (TPSA) is 29.5 Å². The van der Waals surface area contributed by atoms with Crippen molar-refractivity contribution >= 4 is 12.0 Å². The summed E-state index contributed by atoms with van der Waals surface area (Å²) in [6, 6.07) is 19.5.